The molecule has 33 heavy (non-hydrogen) atoms. The second-order valence-corrected chi connectivity index (χ2v) is 10.4. The minimum Gasteiger partial charge on any atom is -0.497 e. The third-order valence-electron chi connectivity index (χ3n) is 5.53. The molecular weight excluding hydrogens is 418 g/mol. The maximum Gasteiger partial charge on any atom is 0.349 e. The Labute approximate surface area is 198 Å². The predicted molar refractivity (Wildman–Crippen MR) is 129 cm³/mol. The number of carbonyl (C=O) groups is 2. The normalized spacial score (nSPS) is 14.3. The molecule has 0 heterocycles. The first kappa shape index (κ1) is 28.0. The molecule has 0 aromatic heterocycles. The summed E-state index contributed by atoms with van der Waals surface area (Å²) in [5.74, 6) is -0.379. The van der Waals surface area contributed by atoms with Gasteiger partial charge in [0.2, 0.25) is 0 Å². The van der Waals surface area contributed by atoms with Crippen LogP contribution in [0.1, 0.15) is 60.5 Å². The van der Waals surface area contributed by atoms with Crippen molar-refractivity contribution in [2.24, 2.45) is 16.2 Å². The molecule has 0 radical (unpaired) electrons. The van der Waals surface area contributed by atoms with Gasteiger partial charge >= 0.3 is 11.9 Å². The molecule has 0 fully saturated rings. The number of hydrogen-bond acceptors (Lipinski definition) is 6. The van der Waals surface area contributed by atoms with Gasteiger partial charge in [0.1, 0.15) is 30.6 Å². The number of rotatable bonds is 9. The fraction of sp³-hybridized carbons (Fsp3) is 0.519. The highest BCUT2D eigenvalue weighted by Crippen LogP contribution is 2.47. The van der Waals surface area contributed by atoms with Gasteiger partial charge in [-0.15, -0.1) is 0 Å². The summed E-state index contributed by atoms with van der Waals surface area (Å²) >= 11 is 0. The number of carbonyl (C=O) groups excluding carboxylic acids is 2. The van der Waals surface area contributed by atoms with Crippen LogP contribution in [-0.2, 0) is 19.1 Å². The van der Waals surface area contributed by atoms with E-state index in [1.54, 1.807) is 19.3 Å². The van der Waals surface area contributed by atoms with Gasteiger partial charge in [-0.1, -0.05) is 65.8 Å². The monoisotopic (exact) mass is 455 g/mol. The Morgan fingerprint density at radius 2 is 1.67 bits per heavy atom. The van der Waals surface area contributed by atoms with Gasteiger partial charge in [0.15, 0.2) is 0 Å². The van der Waals surface area contributed by atoms with E-state index in [4.69, 9.17) is 14.2 Å². The van der Waals surface area contributed by atoms with Crippen LogP contribution >= 0.6 is 0 Å². The first-order chi connectivity index (χ1) is 15.2. The van der Waals surface area contributed by atoms with E-state index in [1.807, 2.05) is 58.0 Å². The molecule has 0 saturated carbocycles. The Kier molecular flexibility index (Phi) is 9.91. The molecule has 1 atom stereocenters. The van der Waals surface area contributed by atoms with Crippen molar-refractivity contribution in [1.29, 1.82) is 5.26 Å². The third-order valence-corrected chi connectivity index (χ3v) is 5.53. The second kappa shape index (κ2) is 11.7. The van der Waals surface area contributed by atoms with Crippen LogP contribution in [0.15, 0.2) is 42.0 Å². The zero-order valence-corrected chi connectivity index (χ0v) is 21.2. The largest absolute Gasteiger partial charge is 0.497 e. The number of hydrogen-bond donors (Lipinski definition) is 0. The van der Waals surface area contributed by atoms with Crippen molar-refractivity contribution in [2.75, 3.05) is 20.3 Å². The molecule has 0 amide bonds. The standard InChI is InChI=1S/C27H37NO5/c1-25(2,3)19-27(7,26(4,5)6)24(30)33-16-15-32-23(29)21(18-28)13-9-11-20-12-10-14-22(17-20)31-8/h9-14,17H,15-16,19H2,1-8H3/b11-9+,21-13+. The van der Waals surface area contributed by atoms with Crippen molar-refractivity contribution in [2.45, 2.75) is 54.9 Å². The molecular formula is C27H37NO5. The van der Waals surface area contributed by atoms with E-state index in [0.29, 0.717) is 12.2 Å². The van der Waals surface area contributed by atoms with Crippen LogP contribution in [-0.4, -0.2) is 32.3 Å². The summed E-state index contributed by atoms with van der Waals surface area (Å²) in [6, 6.07) is 9.20. The SMILES string of the molecule is COc1cccc(/C=C/C=C(\C#N)C(=O)OCCOC(=O)C(C)(CC(C)(C)C)C(C)(C)C)c1. The predicted octanol–water partition coefficient (Wildman–Crippen LogP) is 5.73. The topological polar surface area (TPSA) is 85.6 Å². The van der Waals surface area contributed by atoms with Crippen LogP contribution in [0.4, 0.5) is 0 Å². The molecule has 0 N–H and O–H groups in total. The smallest absolute Gasteiger partial charge is 0.349 e. The number of nitrogens with zero attached hydrogens (tertiary/aromatic N) is 1. The molecule has 6 heteroatoms. The van der Waals surface area contributed by atoms with E-state index in [0.717, 1.165) is 5.56 Å². The highest BCUT2D eigenvalue weighted by atomic mass is 16.6. The maximum atomic E-state index is 12.9. The van der Waals surface area contributed by atoms with Crippen LogP contribution in [0.2, 0.25) is 0 Å². The Bertz CT molecular complexity index is 925. The number of ether oxygens (including phenoxy) is 3. The van der Waals surface area contributed by atoms with Gasteiger partial charge in [-0.05, 0) is 47.9 Å². The van der Waals surface area contributed by atoms with Crippen LogP contribution in [0.25, 0.3) is 6.08 Å². The molecule has 0 aliphatic carbocycles. The summed E-state index contributed by atoms with van der Waals surface area (Å²) in [6.45, 7) is 14.0. The van der Waals surface area contributed by atoms with Gasteiger partial charge in [0.25, 0.3) is 0 Å². The van der Waals surface area contributed by atoms with Crippen LogP contribution < -0.4 is 4.74 Å². The van der Waals surface area contributed by atoms with Gasteiger partial charge in [-0.25, -0.2) is 4.79 Å². The van der Waals surface area contributed by atoms with Crippen molar-refractivity contribution in [1.82, 2.24) is 0 Å². The van der Waals surface area contributed by atoms with E-state index in [1.165, 1.54) is 6.08 Å². The summed E-state index contributed by atoms with van der Waals surface area (Å²) in [6.07, 6.45) is 5.38. The molecule has 1 aromatic rings. The summed E-state index contributed by atoms with van der Waals surface area (Å²) in [4.78, 5) is 25.1. The molecule has 180 valence electrons. The minimum absolute atomic E-state index is 0.0571. The zero-order chi connectivity index (χ0) is 25.3. The van der Waals surface area contributed by atoms with Crippen molar-refractivity contribution < 1.29 is 23.8 Å². The fourth-order valence-corrected chi connectivity index (χ4v) is 3.36. The second-order valence-electron chi connectivity index (χ2n) is 10.4. The number of methoxy groups -OCH3 is 1. The Hall–Kier alpha value is -3.07. The maximum absolute atomic E-state index is 12.9. The molecule has 6 nitrogen and oxygen atoms in total. The number of allylic oxidation sites excluding steroid dienone is 2. The fourth-order valence-electron chi connectivity index (χ4n) is 3.36. The van der Waals surface area contributed by atoms with Crippen LogP contribution in [0, 0.1) is 27.6 Å². The first-order valence-corrected chi connectivity index (χ1v) is 11.0. The third kappa shape index (κ3) is 8.76. The summed E-state index contributed by atoms with van der Waals surface area (Å²) in [5, 5.41) is 9.27. The number of nitriles is 1. The molecule has 0 saturated heterocycles. The van der Waals surface area contributed by atoms with E-state index in [-0.39, 0.29) is 35.6 Å². The molecule has 1 rings (SSSR count). The number of esters is 2. The van der Waals surface area contributed by atoms with Gasteiger partial charge in [-0.3, -0.25) is 4.79 Å². The average molecular weight is 456 g/mol. The van der Waals surface area contributed by atoms with Crippen molar-refractivity contribution in [3.05, 3.63) is 47.6 Å². The van der Waals surface area contributed by atoms with Crippen molar-refractivity contribution in [3.63, 3.8) is 0 Å². The molecule has 0 bridgehead atoms. The molecule has 0 spiro atoms. The Balaban J connectivity index is 2.68. The molecule has 0 aliphatic rings. The van der Waals surface area contributed by atoms with Gasteiger partial charge in [0.05, 0.1) is 12.5 Å². The summed E-state index contributed by atoms with van der Waals surface area (Å²) < 4.78 is 15.7. The quantitative estimate of drug-likeness (QED) is 0.155. The minimum atomic E-state index is -0.767. The van der Waals surface area contributed by atoms with Gasteiger partial charge in [0, 0.05) is 0 Å². The van der Waals surface area contributed by atoms with Crippen LogP contribution in [0.3, 0.4) is 0 Å². The van der Waals surface area contributed by atoms with E-state index < -0.39 is 11.4 Å². The van der Waals surface area contributed by atoms with Gasteiger partial charge < -0.3 is 14.2 Å². The highest BCUT2D eigenvalue weighted by Gasteiger charge is 2.47. The highest BCUT2D eigenvalue weighted by molar-refractivity contribution is 5.93. The number of benzene rings is 1. The lowest BCUT2D eigenvalue weighted by Gasteiger charge is -2.43. The molecule has 1 unspecified atom stereocenters. The van der Waals surface area contributed by atoms with Crippen molar-refractivity contribution >= 4 is 18.0 Å². The van der Waals surface area contributed by atoms with E-state index >= 15 is 0 Å². The van der Waals surface area contributed by atoms with Gasteiger partial charge in [-0.2, -0.15) is 5.26 Å². The summed E-state index contributed by atoms with van der Waals surface area (Å²) in [5.41, 5.74) is -0.344. The van der Waals surface area contributed by atoms with E-state index in [9.17, 15) is 14.9 Å². The van der Waals surface area contributed by atoms with Crippen LogP contribution in [0.5, 0.6) is 5.75 Å². The molecule has 1 aromatic carbocycles. The van der Waals surface area contributed by atoms with Crippen molar-refractivity contribution in [3.8, 4) is 11.8 Å². The lowest BCUT2D eigenvalue weighted by atomic mass is 9.61. The molecule has 0 aliphatic heterocycles. The first-order valence-electron chi connectivity index (χ1n) is 11.0. The Morgan fingerprint density at radius 1 is 1.03 bits per heavy atom. The zero-order valence-electron chi connectivity index (χ0n) is 21.2. The van der Waals surface area contributed by atoms with E-state index in [2.05, 4.69) is 20.8 Å². The Morgan fingerprint density at radius 3 is 2.21 bits per heavy atom. The lowest BCUT2D eigenvalue weighted by molar-refractivity contribution is -0.167. The lowest BCUT2D eigenvalue weighted by Crippen LogP contribution is -2.44. The average Bonchev–Trinajstić information content (AvgIpc) is 2.72. The summed E-state index contributed by atoms with van der Waals surface area (Å²) in [7, 11) is 1.58.